The molecule has 0 radical (unpaired) electrons. The highest BCUT2D eigenvalue weighted by Crippen LogP contribution is 2.21. The van der Waals surface area contributed by atoms with E-state index < -0.39 is 9.84 Å². The largest absolute Gasteiger partial charge is 0.356 e. The first-order chi connectivity index (χ1) is 8.05. The first-order valence-electron chi connectivity index (χ1n) is 6.23. The Hall–Kier alpha value is -0.620. The van der Waals surface area contributed by atoms with E-state index in [1.807, 2.05) is 0 Å². The van der Waals surface area contributed by atoms with Gasteiger partial charge in [-0.15, -0.1) is 0 Å². The molecule has 98 valence electrons. The second-order valence-corrected chi connectivity index (χ2v) is 7.36. The van der Waals surface area contributed by atoms with E-state index in [-0.39, 0.29) is 23.3 Å². The molecule has 2 aliphatic heterocycles. The van der Waals surface area contributed by atoms with E-state index in [9.17, 15) is 13.2 Å². The lowest BCUT2D eigenvalue weighted by atomic mass is 10.0. The van der Waals surface area contributed by atoms with Crippen molar-refractivity contribution < 1.29 is 13.2 Å². The molecule has 0 saturated carbocycles. The molecule has 0 aromatic heterocycles. The van der Waals surface area contributed by atoms with E-state index >= 15 is 0 Å². The fourth-order valence-electron chi connectivity index (χ4n) is 2.51. The van der Waals surface area contributed by atoms with Crippen LogP contribution in [0.15, 0.2) is 0 Å². The van der Waals surface area contributed by atoms with Crippen molar-refractivity contribution >= 4 is 15.7 Å². The molecule has 2 saturated heterocycles. The third kappa shape index (κ3) is 3.96. The Balaban J connectivity index is 1.67. The first kappa shape index (κ1) is 12.8. The Morgan fingerprint density at radius 3 is 2.71 bits per heavy atom. The maximum absolute atomic E-state index is 11.6. The smallest absolute Gasteiger partial charge is 0.220 e. The molecule has 2 N–H and O–H groups in total. The second-order valence-electron chi connectivity index (χ2n) is 5.14. The SMILES string of the molecule is O=C(CC1CCS(=O)(=O)C1)NCC1CCNC1. The number of sulfone groups is 1. The van der Waals surface area contributed by atoms with Crippen molar-refractivity contribution in [2.45, 2.75) is 19.3 Å². The van der Waals surface area contributed by atoms with Gasteiger partial charge in [-0.2, -0.15) is 0 Å². The van der Waals surface area contributed by atoms with Gasteiger partial charge in [0.25, 0.3) is 0 Å². The standard InChI is InChI=1S/C11H20N2O3S/c14-11(13-7-10-1-3-12-6-10)5-9-2-4-17(15,16)8-9/h9-10,12H,1-8H2,(H,13,14). The van der Waals surface area contributed by atoms with Crippen LogP contribution in [-0.2, 0) is 14.6 Å². The van der Waals surface area contributed by atoms with Crippen LogP contribution < -0.4 is 10.6 Å². The molecule has 17 heavy (non-hydrogen) atoms. The summed E-state index contributed by atoms with van der Waals surface area (Å²) in [7, 11) is -2.86. The van der Waals surface area contributed by atoms with Gasteiger partial charge in [-0.3, -0.25) is 4.79 Å². The molecule has 0 bridgehead atoms. The van der Waals surface area contributed by atoms with Crippen LogP contribution in [0.5, 0.6) is 0 Å². The van der Waals surface area contributed by atoms with Crippen LogP contribution in [0.25, 0.3) is 0 Å². The summed E-state index contributed by atoms with van der Waals surface area (Å²) in [4.78, 5) is 11.6. The van der Waals surface area contributed by atoms with Crippen LogP contribution in [-0.4, -0.2) is 45.5 Å². The molecule has 0 aliphatic carbocycles. The average molecular weight is 260 g/mol. The molecule has 2 rings (SSSR count). The fourth-order valence-corrected chi connectivity index (χ4v) is 4.38. The third-order valence-electron chi connectivity index (χ3n) is 3.55. The molecule has 2 aliphatic rings. The predicted octanol–water partition coefficient (Wildman–Crippen LogP) is -0.463. The minimum atomic E-state index is -2.86. The highest BCUT2D eigenvalue weighted by atomic mass is 32.2. The third-order valence-corrected chi connectivity index (χ3v) is 5.39. The van der Waals surface area contributed by atoms with Gasteiger partial charge in [0, 0.05) is 13.0 Å². The zero-order valence-corrected chi connectivity index (χ0v) is 10.8. The lowest BCUT2D eigenvalue weighted by Gasteiger charge is -2.11. The zero-order valence-electron chi connectivity index (χ0n) is 9.94. The van der Waals surface area contributed by atoms with Gasteiger partial charge in [-0.05, 0) is 37.8 Å². The number of nitrogens with one attached hydrogen (secondary N) is 2. The van der Waals surface area contributed by atoms with Crippen molar-refractivity contribution in [3.8, 4) is 0 Å². The molecule has 2 atom stereocenters. The van der Waals surface area contributed by atoms with Gasteiger partial charge in [-0.25, -0.2) is 8.42 Å². The van der Waals surface area contributed by atoms with Crippen molar-refractivity contribution in [3.63, 3.8) is 0 Å². The number of rotatable bonds is 4. The molecule has 2 unspecified atom stereocenters. The van der Waals surface area contributed by atoms with Gasteiger partial charge in [0.1, 0.15) is 0 Å². The Morgan fingerprint density at radius 2 is 2.12 bits per heavy atom. The number of hydrogen-bond donors (Lipinski definition) is 2. The maximum atomic E-state index is 11.6. The molecular weight excluding hydrogens is 240 g/mol. The Labute approximate surface area is 102 Å². The van der Waals surface area contributed by atoms with E-state index in [0.29, 0.717) is 25.3 Å². The summed E-state index contributed by atoms with van der Waals surface area (Å²) >= 11 is 0. The highest BCUT2D eigenvalue weighted by Gasteiger charge is 2.29. The average Bonchev–Trinajstić information content (AvgIpc) is 2.85. The van der Waals surface area contributed by atoms with E-state index in [0.717, 1.165) is 19.5 Å². The summed E-state index contributed by atoms with van der Waals surface area (Å²) in [6.45, 7) is 2.71. The fraction of sp³-hybridized carbons (Fsp3) is 0.909. The van der Waals surface area contributed by atoms with Gasteiger partial charge < -0.3 is 10.6 Å². The maximum Gasteiger partial charge on any atom is 0.220 e. The van der Waals surface area contributed by atoms with Crippen LogP contribution in [0.4, 0.5) is 0 Å². The summed E-state index contributed by atoms with van der Waals surface area (Å²) in [5.74, 6) is 0.995. The van der Waals surface area contributed by atoms with Crippen LogP contribution in [0.2, 0.25) is 0 Å². The van der Waals surface area contributed by atoms with E-state index in [4.69, 9.17) is 0 Å². The van der Waals surface area contributed by atoms with E-state index in [1.54, 1.807) is 0 Å². The van der Waals surface area contributed by atoms with Gasteiger partial charge >= 0.3 is 0 Å². The predicted molar refractivity (Wildman–Crippen MR) is 65.4 cm³/mol. The van der Waals surface area contributed by atoms with Gasteiger partial charge in [-0.1, -0.05) is 0 Å². The lowest BCUT2D eigenvalue weighted by molar-refractivity contribution is -0.122. The zero-order chi connectivity index (χ0) is 12.3. The van der Waals surface area contributed by atoms with Gasteiger partial charge in [0.2, 0.25) is 5.91 Å². The van der Waals surface area contributed by atoms with Crippen LogP contribution in [0.3, 0.4) is 0 Å². The van der Waals surface area contributed by atoms with E-state index in [2.05, 4.69) is 10.6 Å². The Bertz CT molecular complexity index is 374. The minimum Gasteiger partial charge on any atom is -0.356 e. The molecular formula is C11H20N2O3S. The van der Waals surface area contributed by atoms with Crippen LogP contribution in [0.1, 0.15) is 19.3 Å². The first-order valence-corrected chi connectivity index (χ1v) is 8.05. The summed E-state index contributed by atoms with van der Waals surface area (Å²) < 4.78 is 22.5. The molecule has 5 nitrogen and oxygen atoms in total. The summed E-state index contributed by atoms with van der Waals surface area (Å²) in [6, 6.07) is 0. The normalized spacial score (nSPS) is 31.5. The van der Waals surface area contributed by atoms with Gasteiger partial charge in [0.05, 0.1) is 11.5 Å². The van der Waals surface area contributed by atoms with Crippen molar-refractivity contribution in [3.05, 3.63) is 0 Å². The number of amides is 1. The van der Waals surface area contributed by atoms with Crippen molar-refractivity contribution in [1.82, 2.24) is 10.6 Å². The Kier molecular flexibility index (Phi) is 4.04. The quantitative estimate of drug-likeness (QED) is 0.717. The van der Waals surface area contributed by atoms with Crippen molar-refractivity contribution in [1.29, 1.82) is 0 Å². The van der Waals surface area contributed by atoms with Crippen LogP contribution >= 0.6 is 0 Å². The monoisotopic (exact) mass is 260 g/mol. The number of carbonyl (C=O) groups is 1. The van der Waals surface area contributed by atoms with Gasteiger partial charge in [0.15, 0.2) is 9.84 Å². The van der Waals surface area contributed by atoms with Crippen molar-refractivity contribution in [2.24, 2.45) is 11.8 Å². The summed E-state index contributed by atoms with van der Waals surface area (Å²) in [5, 5.41) is 6.15. The molecule has 2 fully saturated rings. The minimum absolute atomic E-state index is 0.000926. The molecule has 0 aromatic rings. The molecule has 0 spiro atoms. The summed E-state index contributed by atoms with van der Waals surface area (Å²) in [5.41, 5.74) is 0. The molecule has 6 heteroatoms. The number of carbonyl (C=O) groups excluding carboxylic acids is 1. The number of hydrogen-bond acceptors (Lipinski definition) is 4. The highest BCUT2D eigenvalue weighted by molar-refractivity contribution is 7.91. The Morgan fingerprint density at radius 1 is 1.29 bits per heavy atom. The van der Waals surface area contributed by atoms with E-state index in [1.165, 1.54) is 0 Å². The molecule has 2 heterocycles. The lowest BCUT2D eigenvalue weighted by Crippen LogP contribution is -2.31. The van der Waals surface area contributed by atoms with Crippen LogP contribution in [0, 0.1) is 11.8 Å². The second kappa shape index (κ2) is 5.35. The van der Waals surface area contributed by atoms with Crippen molar-refractivity contribution in [2.75, 3.05) is 31.1 Å². The molecule has 1 amide bonds. The topological polar surface area (TPSA) is 75.3 Å². The summed E-state index contributed by atoms with van der Waals surface area (Å²) in [6.07, 6.45) is 2.11. The molecule has 0 aromatic carbocycles.